The summed E-state index contributed by atoms with van der Waals surface area (Å²) in [6, 6.07) is 9.61. The fourth-order valence-electron chi connectivity index (χ4n) is 2.72. The van der Waals surface area contributed by atoms with Crippen LogP contribution in [0.5, 0.6) is 0 Å². The lowest BCUT2D eigenvalue weighted by atomic mass is 10.2. The molecule has 146 valence electrons. The first kappa shape index (κ1) is 20.5. The molecule has 3 rings (SSSR count). The van der Waals surface area contributed by atoms with Crippen LogP contribution in [-0.4, -0.2) is 31.4 Å². The summed E-state index contributed by atoms with van der Waals surface area (Å²) in [7, 11) is 0. The molecule has 0 fully saturated rings. The van der Waals surface area contributed by atoms with Gasteiger partial charge < -0.3 is 9.88 Å². The van der Waals surface area contributed by atoms with Crippen LogP contribution in [-0.2, 0) is 11.3 Å². The standard InChI is InChI=1S/C20H22BrN5OS/c1-13(2)11-26-19(15-6-8-22-9-7-15)24-25-20(26)28-12-18(27)23-17-5-4-16(21)10-14(17)3/h4-10,13H,11-12H2,1-3H3,(H,23,27). The number of nitrogens with one attached hydrogen (secondary N) is 1. The van der Waals surface area contributed by atoms with Gasteiger partial charge in [0.05, 0.1) is 5.75 Å². The molecule has 2 aromatic heterocycles. The minimum atomic E-state index is -0.0695. The average molecular weight is 460 g/mol. The van der Waals surface area contributed by atoms with E-state index in [9.17, 15) is 4.79 Å². The zero-order valence-electron chi connectivity index (χ0n) is 16.0. The maximum absolute atomic E-state index is 12.4. The van der Waals surface area contributed by atoms with Crippen molar-refractivity contribution in [2.45, 2.75) is 32.5 Å². The third-order valence-corrected chi connectivity index (χ3v) is 5.46. The van der Waals surface area contributed by atoms with Crippen molar-refractivity contribution >= 4 is 39.3 Å². The van der Waals surface area contributed by atoms with Gasteiger partial charge in [-0.3, -0.25) is 9.78 Å². The minimum Gasteiger partial charge on any atom is -0.325 e. The van der Waals surface area contributed by atoms with Crippen LogP contribution in [0.3, 0.4) is 0 Å². The number of carbonyl (C=O) groups excluding carboxylic acids is 1. The van der Waals surface area contributed by atoms with Gasteiger partial charge >= 0.3 is 0 Å². The molecule has 0 saturated carbocycles. The molecule has 1 N–H and O–H groups in total. The molecule has 0 atom stereocenters. The fourth-order valence-corrected chi connectivity index (χ4v) is 3.95. The summed E-state index contributed by atoms with van der Waals surface area (Å²) in [5.41, 5.74) is 2.79. The SMILES string of the molecule is Cc1cc(Br)ccc1NC(=O)CSc1nnc(-c2ccncc2)n1CC(C)C. The second-order valence-electron chi connectivity index (χ2n) is 6.84. The summed E-state index contributed by atoms with van der Waals surface area (Å²) in [6.45, 7) is 7.04. The van der Waals surface area contributed by atoms with E-state index in [0.29, 0.717) is 5.92 Å². The molecule has 0 aliphatic carbocycles. The van der Waals surface area contributed by atoms with Gasteiger partial charge in [-0.05, 0) is 48.7 Å². The van der Waals surface area contributed by atoms with E-state index in [1.807, 2.05) is 37.3 Å². The Morgan fingerprint density at radius 3 is 2.64 bits per heavy atom. The molecule has 1 aromatic carbocycles. The van der Waals surface area contributed by atoms with Crippen molar-refractivity contribution in [1.82, 2.24) is 19.7 Å². The summed E-state index contributed by atoms with van der Waals surface area (Å²) >= 11 is 4.83. The molecule has 0 spiro atoms. The number of carbonyl (C=O) groups is 1. The molecule has 8 heteroatoms. The number of hydrogen-bond acceptors (Lipinski definition) is 5. The highest BCUT2D eigenvalue weighted by atomic mass is 79.9. The maximum atomic E-state index is 12.4. The molecule has 6 nitrogen and oxygen atoms in total. The monoisotopic (exact) mass is 459 g/mol. The van der Waals surface area contributed by atoms with Crippen LogP contribution < -0.4 is 5.32 Å². The van der Waals surface area contributed by atoms with E-state index in [1.165, 1.54) is 11.8 Å². The number of rotatable bonds is 7. The number of aryl methyl sites for hydroxylation is 1. The molecule has 28 heavy (non-hydrogen) atoms. The predicted molar refractivity (Wildman–Crippen MR) is 116 cm³/mol. The Balaban J connectivity index is 1.73. The number of halogens is 1. The van der Waals surface area contributed by atoms with Gasteiger partial charge in [0, 0.05) is 34.7 Å². The maximum Gasteiger partial charge on any atom is 0.234 e. The van der Waals surface area contributed by atoms with Crippen molar-refractivity contribution in [3.8, 4) is 11.4 Å². The number of aromatic nitrogens is 4. The summed E-state index contributed by atoms with van der Waals surface area (Å²) in [6.07, 6.45) is 3.48. The Labute approximate surface area is 177 Å². The van der Waals surface area contributed by atoms with Crippen molar-refractivity contribution in [2.24, 2.45) is 5.92 Å². The molecule has 0 radical (unpaired) electrons. The highest BCUT2D eigenvalue weighted by molar-refractivity contribution is 9.10. The van der Waals surface area contributed by atoms with Crippen LogP contribution in [0, 0.1) is 12.8 Å². The smallest absolute Gasteiger partial charge is 0.234 e. The van der Waals surface area contributed by atoms with Crippen molar-refractivity contribution in [1.29, 1.82) is 0 Å². The number of nitrogens with zero attached hydrogens (tertiary/aromatic N) is 4. The van der Waals surface area contributed by atoms with Gasteiger partial charge in [-0.1, -0.05) is 41.5 Å². The zero-order chi connectivity index (χ0) is 20.1. The third-order valence-electron chi connectivity index (χ3n) is 4.00. The molecule has 0 bridgehead atoms. The number of hydrogen-bond donors (Lipinski definition) is 1. The van der Waals surface area contributed by atoms with Crippen LogP contribution in [0.25, 0.3) is 11.4 Å². The minimum absolute atomic E-state index is 0.0695. The quantitative estimate of drug-likeness (QED) is 0.513. The van der Waals surface area contributed by atoms with E-state index in [0.717, 1.165) is 38.8 Å². The van der Waals surface area contributed by atoms with Gasteiger partial charge in [-0.25, -0.2) is 0 Å². The molecule has 2 heterocycles. The average Bonchev–Trinajstić information content (AvgIpc) is 3.05. The summed E-state index contributed by atoms with van der Waals surface area (Å²) in [4.78, 5) is 16.5. The first-order valence-corrected chi connectivity index (χ1v) is 10.7. The number of pyridine rings is 1. The fraction of sp³-hybridized carbons (Fsp3) is 0.300. The van der Waals surface area contributed by atoms with Crippen LogP contribution >= 0.6 is 27.7 Å². The van der Waals surface area contributed by atoms with Gasteiger partial charge in [0.15, 0.2) is 11.0 Å². The normalized spacial score (nSPS) is 11.0. The first-order valence-electron chi connectivity index (χ1n) is 8.96. The predicted octanol–water partition coefficient (Wildman–Crippen LogP) is 4.80. The van der Waals surface area contributed by atoms with E-state index in [2.05, 4.69) is 54.8 Å². The van der Waals surface area contributed by atoms with E-state index < -0.39 is 0 Å². The molecule has 0 aliphatic heterocycles. The van der Waals surface area contributed by atoms with Crippen molar-refractivity contribution < 1.29 is 4.79 Å². The highest BCUT2D eigenvalue weighted by Gasteiger charge is 2.17. The Hall–Kier alpha value is -2.19. The van der Waals surface area contributed by atoms with E-state index in [4.69, 9.17) is 0 Å². The van der Waals surface area contributed by atoms with Crippen molar-refractivity contribution in [2.75, 3.05) is 11.1 Å². The summed E-state index contributed by atoms with van der Waals surface area (Å²) in [5.74, 6) is 1.42. The zero-order valence-corrected chi connectivity index (χ0v) is 18.4. The van der Waals surface area contributed by atoms with Crippen LogP contribution in [0.2, 0.25) is 0 Å². The van der Waals surface area contributed by atoms with Crippen LogP contribution in [0.15, 0.2) is 52.4 Å². The van der Waals surface area contributed by atoms with Gasteiger partial charge in [0.25, 0.3) is 0 Å². The third kappa shape index (κ3) is 5.20. The van der Waals surface area contributed by atoms with Gasteiger partial charge in [-0.15, -0.1) is 10.2 Å². The van der Waals surface area contributed by atoms with Crippen molar-refractivity contribution in [3.05, 3.63) is 52.8 Å². The summed E-state index contributed by atoms with van der Waals surface area (Å²) in [5, 5.41) is 12.4. The topological polar surface area (TPSA) is 72.7 Å². The van der Waals surface area contributed by atoms with E-state index in [1.54, 1.807) is 12.4 Å². The molecular weight excluding hydrogens is 438 g/mol. The lowest BCUT2D eigenvalue weighted by molar-refractivity contribution is -0.113. The molecule has 3 aromatic rings. The molecule has 0 saturated heterocycles. The first-order chi connectivity index (χ1) is 13.4. The lowest BCUT2D eigenvalue weighted by Gasteiger charge is -2.13. The van der Waals surface area contributed by atoms with Crippen LogP contribution in [0.4, 0.5) is 5.69 Å². The highest BCUT2D eigenvalue weighted by Crippen LogP contribution is 2.25. The number of benzene rings is 1. The molecule has 0 aliphatic rings. The van der Waals surface area contributed by atoms with Crippen LogP contribution in [0.1, 0.15) is 19.4 Å². The Morgan fingerprint density at radius 1 is 1.21 bits per heavy atom. The van der Waals surface area contributed by atoms with Gasteiger partial charge in [0.1, 0.15) is 0 Å². The van der Waals surface area contributed by atoms with Gasteiger partial charge in [0.2, 0.25) is 5.91 Å². The molecule has 0 unspecified atom stereocenters. The van der Waals surface area contributed by atoms with E-state index >= 15 is 0 Å². The molecular formula is C20H22BrN5OS. The second kappa shape index (κ2) is 9.34. The number of anilines is 1. The van der Waals surface area contributed by atoms with E-state index in [-0.39, 0.29) is 11.7 Å². The number of amides is 1. The molecule has 1 amide bonds. The van der Waals surface area contributed by atoms with Crippen molar-refractivity contribution in [3.63, 3.8) is 0 Å². The van der Waals surface area contributed by atoms with Gasteiger partial charge in [-0.2, -0.15) is 0 Å². The second-order valence-corrected chi connectivity index (χ2v) is 8.70. The Bertz CT molecular complexity index is 958. The Kier molecular flexibility index (Phi) is 6.85. The summed E-state index contributed by atoms with van der Waals surface area (Å²) < 4.78 is 3.06. The number of thioether (sulfide) groups is 1. The Morgan fingerprint density at radius 2 is 1.96 bits per heavy atom. The largest absolute Gasteiger partial charge is 0.325 e. The lowest BCUT2D eigenvalue weighted by Crippen LogP contribution is -2.16.